The molecule has 0 aromatic carbocycles. The van der Waals surface area contributed by atoms with Crippen molar-refractivity contribution in [3.8, 4) is 0 Å². The second-order valence-corrected chi connectivity index (χ2v) is 5.55. The van der Waals surface area contributed by atoms with E-state index in [0.717, 1.165) is 38.5 Å². The Morgan fingerprint density at radius 2 is 1.62 bits per heavy atom. The summed E-state index contributed by atoms with van der Waals surface area (Å²) < 4.78 is 0. The Morgan fingerprint density at radius 3 is 2.33 bits per heavy atom. The molecule has 0 aromatic rings. The second kappa shape index (κ2) is 15.3. The van der Waals surface area contributed by atoms with E-state index in [-0.39, 0.29) is 12.5 Å². The molecule has 3 nitrogen and oxygen atoms in total. The molecule has 1 atom stereocenters. The van der Waals surface area contributed by atoms with E-state index in [1.54, 1.807) is 0 Å². The highest BCUT2D eigenvalue weighted by atomic mass is 16.4. The number of carboxylic acid groups (broad SMARTS) is 1. The summed E-state index contributed by atoms with van der Waals surface area (Å²) in [5.74, 6) is -0.708. The first-order chi connectivity index (χ1) is 10.2. The highest BCUT2D eigenvalue weighted by Crippen LogP contribution is 2.07. The van der Waals surface area contributed by atoms with Crippen LogP contribution in [0.5, 0.6) is 0 Å². The van der Waals surface area contributed by atoms with Gasteiger partial charge in [-0.15, -0.1) is 0 Å². The fourth-order valence-electron chi connectivity index (χ4n) is 2.09. The quantitative estimate of drug-likeness (QED) is 0.355. The highest BCUT2D eigenvalue weighted by Gasteiger charge is 1.96. The molecule has 0 saturated carbocycles. The predicted octanol–water partition coefficient (Wildman–Crippen LogP) is 4.86. The molecule has 0 saturated heterocycles. The van der Waals surface area contributed by atoms with Crippen LogP contribution in [0.15, 0.2) is 24.3 Å². The van der Waals surface area contributed by atoms with Crippen molar-refractivity contribution in [1.29, 1.82) is 0 Å². The summed E-state index contributed by atoms with van der Waals surface area (Å²) in [5, 5.41) is 18.3. The summed E-state index contributed by atoms with van der Waals surface area (Å²) in [7, 11) is 0. The summed E-state index contributed by atoms with van der Waals surface area (Å²) >= 11 is 0. The number of rotatable bonds is 14. The summed E-state index contributed by atoms with van der Waals surface area (Å²) in [5.41, 5.74) is 0. The van der Waals surface area contributed by atoms with Crippen molar-refractivity contribution in [2.24, 2.45) is 0 Å². The Bertz CT molecular complexity index is 295. The van der Waals surface area contributed by atoms with Crippen LogP contribution in [0.1, 0.15) is 77.6 Å². The van der Waals surface area contributed by atoms with Gasteiger partial charge in [0.25, 0.3) is 0 Å². The van der Waals surface area contributed by atoms with Gasteiger partial charge in [0.05, 0.1) is 6.10 Å². The number of allylic oxidation sites excluding steroid dienone is 2. The van der Waals surface area contributed by atoms with Crippen LogP contribution < -0.4 is 0 Å². The minimum absolute atomic E-state index is 0.277. The number of aliphatic hydroxyl groups is 1. The van der Waals surface area contributed by atoms with Crippen LogP contribution in [0, 0.1) is 0 Å². The minimum Gasteiger partial charge on any atom is -0.481 e. The van der Waals surface area contributed by atoms with Gasteiger partial charge >= 0.3 is 5.97 Å². The van der Waals surface area contributed by atoms with Crippen LogP contribution in [0.2, 0.25) is 0 Å². The molecule has 0 aliphatic rings. The maximum absolute atomic E-state index is 10.3. The number of carboxylic acids is 1. The Balaban J connectivity index is 3.41. The molecule has 122 valence electrons. The Morgan fingerprint density at radius 1 is 0.952 bits per heavy atom. The van der Waals surface area contributed by atoms with Gasteiger partial charge in [-0.2, -0.15) is 0 Å². The van der Waals surface area contributed by atoms with Gasteiger partial charge in [0.2, 0.25) is 0 Å². The molecular weight excluding hydrogens is 264 g/mol. The van der Waals surface area contributed by atoms with E-state index in [1.807, 2.05) is 12.2 Å². The fraction of sp³-hybridized carbons (Fsp3) is 0.722. The van der Waals surface area contributed by atoms with Gasteiger partial charge in [0, 0.05) is 6.42 Å². The van der Waals surface area contributed by atoms with Gasteiger partial charge in [0.15, 0.2) is 0 Å². The Hall–Kier alpha value is -1.09. The number of hydrogen-bond donors (Lipinski definition) is 2. The van der Waals surface area contributed by atoms with Gasteiger partial charge in [0.1, 0.15) is 0 Å². The summed E-state index contributed by atoms with van der Waals surface area (Å²) in [6.07, 6.45) is 18.4. The molecule has 2 N–H and O–H groups in total. The zero-order valence-corrected chi connectivity index (χ0v) is 13.5. The molecule has 0 bridgehead atoms. The lowest BCUT2D eigenvalue weighted by Gasteiger charge is -2.01. The van der Waals surface area contributed by atoms with Gasteiger partial charge in [-0.05, 0) is 38.5 Å². The third kappa shape index (κ3) is 16.9. The van der Waals surface area contributed by atoms with Crippen molar-refractivity contribution in [2.75, 3.05) is 0 Å². The zero-order valence-electron chi connectivity index (χ0n) is 13.5. The van der Waals surface area contributed by atoms with E-state index in [0.29, 0.717) is 6.42 Å². The first-order valence-corrected chi connectivity index (χ1v) is 8.38. The van der Waals surface area contributed by atoms with Crippen LogP contribution in [0.25, 0.3) is 0 Å². The molecule has 0 heterocycles. The largest absolute Gasteiger partial charge is 0.481 e. The van der Waals surface area contributed by atoms with Crippen molar-refractivity contribution in [1.82, 2.24) is 0 Å². The maximum atomic E-state index is 10.3. The maximum Gasteiger partial charge on any atom is 0.303 e. The SMILES string of the molecule is CCCCC/C=C/CC(O)/C=C/CCCCCCC(=O)O. The average molecular weight is 296 g/mol. The number of aliphatic hydroxyl groups excluding tert-OH is 1. The minimum atomic E-state index is -0.708. The van der Waals surface area contributed by atoms with Crippen molar-refractivity contribution < 1.29 is 15.0 Å². The van der Waals surface area contributed by atoms with Crippen LogP contribution >= 0.6 is 0 Å². The zero-order chi connectivity index (χ0) is 15.8. The standard InChI is InChI=1S/C18H32O3/c1-2-3-4-5-8-11-14-17(19)15-12-9-6-7-10-13-16-18(20)21/h8,11-12,15,17,19H,2-7,9-10,13-14,16H2,1H3,(H,20,21)/b11-8+,15-12+. The van der Waals surface area contributed by atoms with Crippen molar-refractivity contribution in [3.63, 3.8) is 0 Å². The molecule has 0 amide bonds. The molecule has 0 aliphatic carbocycles. The lowest BCUT2D eigenvalue weighted by atomic mass is 10.1. The van der Waals surface area contributed by atoms with Crippen LogP contribution in [-0.4, -0.2) is 22.3 Å². The molecule has 1 unspecified atom stereocenters. The van der Waals surface area contributed by atoms with Crippen LogP contribution in [-0.2, 0) is 4.79 Å². The normalized spacial score (nSPS) is 13.2. The van der Waals surface area contributed by atoms with Gasteiger partial charge in [-0.25, -0.2) is 0 Å². The second-order valence-electron chi connectivity index (χ2n) is 5.55. The first-order valence-electron chi connectivity index (χ1n) is 8.38. The number of unbranched alkanes of at least 4 members (excludes halogenated alkanes) is 7. The van der Waals surface area contributed by atoms with Gasteiger partial charge in [-0.3, -0.25) is 4.79 Å². The van der Waals surface area contributed by atoms with E-state index in [2.05, 4.69) is 19.1 Å². The fourth-order valence-corrected chi connectivity index (χ4v) is 2.09. The average Bonchev–Trinajstić information content (AvgIpc) is 2.45. The van der Waals surface area contributed by atoms with Crippen LogP contribution in [0.3, 0.4) is 0 Å². The van der Waals surface area contributed by atoms with Crippen LogP contribution in [0.4, 0.5) is 0 Å². The molecule has 0 radical (unpaired) electrons. The topological polar surface area (TPSA) is 57.5 Å². The lowest BCUT2D eigenvalue weighted by molar-refractivity contribution is -0.137. The van der Waals surface area contributed by atoms with Gasteiger partial charge in [-0.1, -0.05) is 56.9 Å². The number of aliphatic carboxylic acids is 1. The van der Waals surface area contributed by atoms with E-state index in [4.69, 9.17) is 5.11 Å². The Labute approximate surface area is 129 Å². The lowest BCUT2D eigenvalue weighted by Crippen LogP contribution is -1.99. The van der Waals surface area contributed by atoms with E-state index >= 15 is 0 Å². The monoisotopic (exact) mass is 296 g/mol. The molecule has 0 rings (SSSR count). The van der Waals surface area contributed by atoms with E-state index in [9.17, 15) is 9.90 Å². The molecule has 0 aromatic heterocycles. The van der Waals surface area contributed by atoms with Gasteiger partial charge < -0.3 is 10.2 Å². The number of hydrogen-bond acceptors (Lipinski definition) is 2. The van der Waals surface area contributed by atoms with E-state index in [1.165, 1.54) is 19.3 Å². The van der Waals surface area contributed by atoms with E-state index < -0.39 is 5.97 Å². The summed E-state index contributed by atoms with van der Waals surface area (Å²) in [6.45, 7) is 2.20. The Kier molecular flexibility index (Phi) is 14.5. The molecule has 21 heavy (non-hydrogen) atoms. The third-order valence-corrected chi connectivity index (χ3v) is 3.39. The summed E-state index contributed by atoms with van der Waals surface area (Å²) in [6, 6.07) is 0. The van der Waals surface area contributed by atoms with Crippen molar-refractivity contribution >= 4 is 5.97 Å². The first kappa shape index (κ1) is 19.9. The highest BCUT2D eigenvalue weighted by molar-refractivity contribution is 5.66. The van der Waals surface area contributed by atoms with Crippen molar-refractivity contribution in [3.05, 3.63) is 24.3 Å². The molecular formula is C18H32O3. The molecule has 0 spiro atoms. The molecule has 0 aliphatic heterocycles. The van der Waals surface area contributed by atoms with Crippen molar-refractivity contribution in [2.45, 2.75) is 83.7 Å². The smallest absolute Gasteiger partial charge is 0.303 e. The number of carbonyl (C=O) groups is 1. The molecule has 3 heteroatoms. The third-order valence-electron chi connectivity index (χ3n) is 3.39. The predicted molar refractivity (Wildman–Crippen MR) is 88.4 cm³/mol. The molecule has 0 fully saturated rings. The summed E-state index contributed by atoms with van der Waals surface area (Å²) in [4.78, 5) is 10.3.